The third kappa shape index (κ3) is 4.39. The number of hydrogen-bond acceptors (Lipinski definition) is 5. The monoisotopic (exact) mass is 549 g/mol. The van der Waals surface area contributed by atoms with Gasteiger partial charge in [-0.25, -0.2) is 0 Å². The molecule has 6 nitrogen and oxygen atoms in total. The second-order valence-electron chi connectivity index (χ2n) is 8.22. The zero-order valence-corrected chi connectivity index (χ0v) is 21.9. The minimum atomic E-state index is -0.294. The van der Waals surface area contributed by atoms with E-state index in [1.165, 1.54) is 5.56 Å². The highest BCUT2D eigenvalue weighted by Crippen LogP contribution is 2.46. The molecule has 1 saturated heterocycles. The summed E-state index contributed by atoms with van der Waals surface area (Å²) in [5.41, 5.74) is 3.83. The Morgan fingerprint density at radius 3 is 2.60 bits per heavy atom. The standard InChI is InChI=1S/C27H24BrN3O3S/c1-16-7-9-18(19(28)14-16)22-11-12-23(34-22)26-25(20-6-4-5-13-29-20)30-27(35)31(26)21-10-8-17(32-2)15-24(21)33-3/h4-15,25-26H,1-3H3,(H,30,35)/t25-,26-/m0/s1. The Kier molecular flexibility index (Phi) is 6.49. The number of hydrogen-bond donors (Lipinski definition) is 1. The van der Waals surface area contributed by atoms with Crippen LogP contribution in [0.15, 0.2) is 81.8 Å². The van der Waals surface area contributed by atoms with E-state index in [0.717, 1.165) is 32.9 Å². The molecule has 0 spiro atoms. The van der Waals surface area contributed by atoms with Crippen LogP contribution in [0.3, 0.4) is 0 Å². The summed E-state index contributed by atoms with van der Waals surface area (Å²) in [4.78, 5) is 6.64. The molecule has 5 rings (SSSR count). The molecule has 0 unspecified atom stereocenters. The van der Waals surface area contributed by atoms with Gasteiger partial charge in [-0.15, -0.1) is 0 Å². The maximum atomic E-state index is 6.48. The first-order valence-corrected chi connectivity index (χ1v) is 12.3. The van der Waals surface area contributed by atoms with Crippen molar-refractivity contribution in [3.63, 3.8) is 0 Å². The van der Waals surface area contributed by atoms with Gasteiger partial charge in [-0.05, 0) is 73.2 Å². The summed E-state index contributed by atoms with van der Waals surface area (Å²) < 4.78 is 18.6. The Labute approximate surface area is 218 Å². The molecule has 0 bridgehead atoms. The van der Waals surface area contributed by atoms with Gasteiger partial charge in [0, 0.05) is 22.3 Å². The number of anilines is 1. The molecule has 2 aromatic carbocycles. The van der Waals surface area contributed by atoms with Gasteiger partial charge in [0.15, 0.2) is 5.11 Å². The molecule has 4 aromatic rings. The Balaban J connectivity index is 1.63. The van der Waals surface area contributed by atoms with Crippen LogP contribution in [0.4, 0.5) is 5.69 Å². The minimum Gasteiger partial charge on any atom is -0.497 e. The van der Waals surface area contributed by atoms with Crippen molar-refractivity contribution in [3.8, 4) is 22.8 Å². The topological polar surface area (TPSA) is 59.8 Å². The van der Waals surface area contributed by atoms with Gasteiger partial charge < -0.3 is 24.1 Å². The summed E-state index contributed by atoms with van der Waals surface area (Å²) in [6, 6.07) is 21.2. The van der Waals surface area contributed by atoms with Crippen molar-refractivity contribution in [3.05, 3.63) is 94.4 Å². The Hall–Kier alpha value is -3.36. The van der Waals surface area contributed by atoms with Crippen molar-refractivity contribution in [2.75, 3.05) is 19.1 Å². The summed E-state index contributed by atoms with van der Waals surface area (Å²) in [5.74, 6) is 2.87. The number of halogens is 1. The predicted molar refractivity (Wildman–Crippen MR) is 144 cm³/mol. The predicted octanol–water partition coefficient (Wildman–Crippen LogP) is 6.61. The van der Waals surface area contributed by atoms with Gasteiger partial charge in [0.2, 0.25) is 0 Å². The van der Waals surface area contributed by atoms with Gasteiger partial charge in [0.05, 0.1) is 31.6 Å². The van der Waals surface area contributed by atoms with Gasteiger partial charge >= 0.3 is 0 Å². The average Bonchev–Trinajstić information content (AvgIpc) is 3.48. The Morgan fingerprint density at radius 2 is 1.89 bits per heavy atom. The number of furan rings is 1. The first kappa shape index (κ1) is 23.4. The van der Waals surface area contributed by atoms with E-state index >= 15 is 0 Å². The third-order valence-corrected chi connectivity index (χ3v) is 7.02. The largest absolute Gasteiger partial charge is 0.497 e. The molecule has 0 radical (unpaired) electrons. The second kappa shape index (κ2) is 9.71. The summed E-state index contributed by atoms with van der Waals surface area (Å²) in [6.07, 6.45) is 1.78. The Morgan fingerprint density at radius 1 is 1.03 bits per heavy atom. The molecule has 1 aliphatic heterocycles. The van der Waals surface area contributed by atoms with Crippen molar-refractivity contribution in [1.82, 2.24) is 10.3 Å². The fourth-order valence-corrected chi connectivity index (χ4v) is 5.39. The van der Waals surface area contributed by atoms with E-state index in [4.69, 9.17) is 26.1 Å². The fourth-order valence-electron chi connectivity index (χ4n) is 4.36. The van der Waals surface area contributed by atoms with Crippen molar-refractivity contribution >= 4 is 38.9 Å². The zero-order chi connectivity index (χ0) is 24.5. The fraction of sp³-hybridized carbons (Fsp3) is 0.185. The van der Waals surface area contributed by atoms with Crippen molar-refractivity contribution < 1.29 is 13.9 Å². The Bertz CT molecular complexity index is 1380. The number of methoxy groups -OCH3 is 2. The smallest absolute Gasteiger partial charge is 0.174 e. The quantitative estimate of drug-likeness (QED) is 0.271. The molecule has 1 aliphatic rings. The molecule has 0 amide bonds. The van der Waals surface area contributed by atoms with Crippen LogP contribution in [0, 0.1) is 6.92 Å². The molecule has 2 atom stereocenters. The van der Waals surface area contributed by atoms with Gasteiger partial charge in [-0.2, -0.15) is 0 Å². The molecule has 8 heteroatoms. The highest BCUT2D eigenvalue weighted by atomic mass is 79.9. The van der Waals surface area contributed by atoms with Gasteiger partial charge in [-0.3, -0.25) is 4.98 Å². The second-order valence-corrected chi connectivity index (χ2v) is 9.46. The summed E-state index contributed by atoms with van der Waals surface area (Å²) in [5, 5.41) is 4.01. The minimum absolute atomic E-state index is 0.226. The van der Waals surface area contributed by atoms with Crippen molar-refractivity contribution in [1.29, 1.82) is 0 Å². The lowest BCUT2D eigenvalue weighted by Crippen LogP contribution is -2.29. The van der Waals surface area contributed by atoms with Gasteiger partial charge in [-0.1, -0.05) is 28.1 Å². The van der Waals surface area contributed by atoms with E-state index in [1.807, 2.05) is 53.4 Å². The van der Waals surface area contributed by atoms with Crippen LogP contribution in [-0.2, 0) is 0 Å². The molecule has 0 aliphatic carbocycles. The summed E-state index contributed by atoms with van der Waals surface area (Å²) >= 11 is 9.51. The van der Waals surface area contributed by atoms with E-state index in [0.29, 0.717) is 16.6 Å². The number of ether oxygens (including phenoxy) is 2. The van der Waals surface area contributed by atoms with Crippen LogP contribution in [0.2, 0.25) is 0 Å². The molecule has 35 heavy (non-hydrogen) atoms. The number of benzene rings is 2. The number of nitrogens with one attached hydrogen (secondary N) is 1. The zero-order valence-electron chi connectivity index (χ0n) is 19.5. The lowest BCUT2D eigenvalue weighted by molar-refractivity contribution is 0.392. The summed E-state index contributed by atoms with van der Waals surface area (Å²) in [7, 11) is 3.26. The van der Waals surface area contributed by atoms with Gasteiger partial charge in [0.1, 0.15) is 29.1 Å². The SMILES string of the molecule is COc1ccc(N2C(=S)N[C@@H](c3ccccn3)[C@@H]2c2ccc(-c3ccc(C)cc3Br)o2)c(OC)c1. The van der Waals surface area contributed by atoms with E-state index in [9.17, 15) is 0 Å². The van der Waals surface area contributed by atoms with Gasteiger partial charge in [0.25, 0.3) is 0 Å². The maximum Gasteiger partial charge on any atom is 0.174 e. The number of aryl methyl sites for hydroxylation is 1. The average molecular weight is 550 g/mol. The molecule has 1 fully saturated rings. The number of nitrogens with zero attached hydrogens (tertiary/aromatic N) is 2. The third-order valence-electron chi connectivity index (χ3n) is 6.05. The van der Waals surface area contributed by atoms with Crippen LogP contribution in [0.25, 0.3) is 11.3 Å². The van der Waals surface area contributed by atoms with Crippen LogP contribution in [-0.4, -0.2) is 24.3 Å². The highest BCUT2D eigenvalue weighted by molar-refractivity contribution is 9.10. The van der Waals surface area contributed by atoms with E-state index in [-0.39, 0.29) is 12.1 Å². The van der Waals surface area contributed by atoms with E-state index in [2.05, 4.69) is 51.4 Å². The van der Waals surface area contributed by atoms with E-state index < -0.39 is 0 Å². The number of pyridine rings is 1. The molecule has 0 saturated carbocycles. The van der Waals surface area contributed by atoms with Crippen LogP contribution in [0.5, 0.6) is 11.5 Å². The summed E-state index contributed by atoms with van der Waals surface area (Å²) in [6.45, 7) is 2.06. The van der Waals surface area contributed by atoms with Crippen LogP contribution < -0.4 is 19.7 Å². The number of aromatic nitrogens is 1. The van der Waals surface area contributed by atoms with Crippen molar-refractivity contribution in [2.45, 2.75) is 19.0 Å². The number of thiocarbonyl (C=S) groups is 1. The van der Waals surface area contributed by atoms with Crippen LogP contribution in [0.1, 0.15) is 29.1 Å². The maximum absolute atomic E-state index is 6.48. The molecule has 1 N–H and O–H groups in total. The normalized spacial score (nSPS) is 17.4. The van der Waals surface area contributed by atoms with E-state index in [1.54, 1.807) is 20.4 Å². The lowest BCUT2D eigenvalue weighted by Gasteiger charge is -2.27. The molecule has 2 aromatic heterocycles. The molecular formula is C27H24BrN3O3S. The molecular weight excluding hydrogens is 526 g/mol. The first-order chi connectivity index (χ1) is 17.0. The number of rotatable bonds is 6. The first-order valence-electron chi connectivity index (χ1n) is 11.1. The highest BCUT2D eigenvalue weighted by Gasteiger charge is 2.43. The lowest BCUT2D eigenvalue weighted by atomic mass is 10.0. The molecule has 178 valence electrons. The van der Waals surface area contributed by atoms with Crippen LogP contribution >= 0.6 is 28.1 Å². The van der Waals surface area contributed by atoms with Crippen molar-refractivity contribution in [2.24, 2.45) is 0 Å². The molecule has 3 heterocycles.